The molecule has 138 valence electrons. The van der Waals surface area contributed by atoms with Crippen molar-refractivity contribution in [3.05, 3.63) is 58.6 Å². The smallest absolute Gasteiger partial charge is 0.255 e. The monoisotopic (exact) mass is 374 g/mol. The maximum absolute atomic E-state index is 12.5. The Bertz CT molecular complexity index is 775. The van der Waals surface area contributed by atoms with Crippen LogP contribution in [-0.4, -0.2) is 42.7 Å². The number of hydrogen-bond acceptors (Lipinski definition) is 4. The number of phenolic OH excluding ortho intramolecular Hbond substituents is 1. The molecule has 26 heavy (non-hydrogen) atoms. The van der Waals surface area contributed by atoms with Crippen molar-refractivity contribution < 1.29 is 14.6 Å². The molecule has 0 saturated carbocycles. The van der Waals surface area contributed by atoms with Crippen LogP contribution < -0.4 is 10.1 Å². The molecule has 5 nitrogen and oxygen atoms in total. The van der Waals surface area contributed by atoms with Gasteiger partial charge in [0.05, 0.1) is 18.7 Å². The molecule has 0 radical (unpaired) electrons. The fraction of sp³-hybridized carbons (Fsp3) is 0.350. The Morgan fingerprint density at radius 1 is 1.27 bits per heavy atom. The zero-order valence-electron chi connectivity index (χ0n) is 14.7. The van der Waals surface area contributed by atoms with Gasteiger partial charge in [0.25, 0.3) is 5.91 Å². The van der Waals surface area contributed by atoms with Crippen LogP contribution in [0, 0.1) is 0 Å². The second-order valence-corrected chi connectivity index (χ2v) is 6.84. The molecule has 1 heterocycles. The Morgan fingerprint density at radius 2 is 2.04 bits per heavy atom. The van der Waals surface area contributed by atoms with Gasteiger partial charge in [-0.3, -0.25) is 9.69 Å². The zero-order chi connectivity index (χ0) is 18.5. The van der Waals surface area contributed by atoms with Crippen LogP contribution in [0.5, 0.6) is 11.5 Å². The molecule has 1 aliphatic rings. The van der Waals surface area contributed by atoms with Crippen LogP contribution in [0.3, 0.4) is 0 Å². The SMILES string of the molecule is COc1cccc(C(CNC(=O)c2cc(Cl)ccc2O)N2CCCC2)c1. The van der Waals surface area contributed by atoms with Crippen LogP contribution in [0.4, 0.5) is 0 Å². The van der Waals surface area contributed by atoms with E-state index in [0.29, 0.717) is 11.6 Å². The molecule has 0 spiro atoms. The lowest BCUT2D eigenvalue weighted by atomic mass is 10.0. The minimum absolute atomic E-state index is 0.0536. The molecule has 1 amide bonds. The highest BCUT2D eigenvalue weighted by atomic mass is 35.5. The Balaban J connectivity index is 1.77. The van der Waals surface area contributed by atoms with Crippen LogP contribution in [0.15, 0.2) is 42.5 Å². The molecule has 1 unspecified atom stereocenters. The number of rotatable bonds is 6. The quantitative estimate of drug-likeness (QED) is 0.810. The molecule has 2 N–H and O–H groups in total. The topological polar surface area (TPSA) is 61.8 Å². The summed E-state index contributed by atoms with van der Waals surface area (Å²) in [5.41, 5.74) is 1.28. The molecule has 6 heteroatoms. The van der Waals surface area contributed by atoms with Gasteiger partial charge in [-0.25, -0.2) is 0 Å². The second kappa shape index (κ2) is 8.43. The fourth-order valence-electron chi connectivity index (χ4n) is 3.33. The molecule has 1 saturated heterocycles. The molecular formula is C20H23ClN2O3. The van der Waals surface area contributed by atoms with E-state index in [9.17, 15) is 9.90 Å². The average Bonchev–Trinajstić information content (AvgIpc) is 3.18. The van der Waals surface area contributed by atoms with Crippen molar-refractivity contribution in [1.82, 2.24) is 10.2 Å². The molecule has 3 rings (SSSR count). The summed E-state index contributed by atoms with van der Waals surface area (Å²) in [6.45, 7) is 2.44. The van der Waals surface area contributed by atoms with Gasteiger partial charge >= 0.3 is 0 Å². The number of carbonyl (C=O) groups excluding carboxylic acids is 1. The summed E-state index contributed by atoms with van der Waals surface area (Å²) in [5, 5.41) is 13.3. The average molecular weight is 375 g/mol. The first-order chi connectivity index (χ1) is 12.6. The Labute approximate surface area is 158 Å². The van der Waals surface area contributed by atoms with Gasteiger partial charge in [-0.05, 0) is 61.8 Å². The van der Waals surface area contributed by atoms with Gasteiger partial charge in [-0.15, -0.1) is 0 Å². The number of amides is 1. The van der Waals surface area contributed by atoms with Crippen molar-refractivity contribution >= 4 is 17.5 Å². The van der Waals surface area contributed by atoms with Gasteiger partial charge in [0, 0.05) is 11.6 Å². The molecule has 0 bridgehead atoms. The van der Waals surface area contributed by atoms with Crippen molar-refractivity contribution in [2.45, 2.75) is 18.9 Å². The lowest BCUT2D eigenvalue weighted by Crippen LogP contribution is -2.36. The maximum Gasteiger partial charge on any atom is 0.255 e. The molecule has 1 fully saturated rings. The number of carbonyl (C=O) groups is 1. The van der Waals surface area contributed by atoms with Gasteiger partial charge in [-0.2, -0.15) is 0 Å². The molecule has 0 aliphatic carbocycles. The second-order valence-electron chi connectivity index (χ2n) is 6.41. The van der Waals surface area contributed by atoms with E-state index >= 15 is 0 Å². The summed E-state index contributed by atoms with van der Waals surface area (Å²) in [4.78, 5) is 14.9. The predicted octanol–water partition coefficient (Wildman–Crippen LogP) is 3.62. The van der Waals surface area contributed by atoms with E-state index in [2.05, 4.69) is 16.3 Å². The van der Waals surface area contributed by atoms with Crippen LogP contribution in [0.25, 0.3) is 0 Å². The Hall–Kier alpha value is -2.24. The molecule has 2 aromatic carbocycles. The zero-order valence-corrected chi connectivity index (χ0v) is 15.5. The summed E-state index contributed by atoms with van der Waals surface area (Å²) in [7, 11) is 1.65. The van der Waals surface area contributed by atoms with E-state index in [-0.39, 0.29) is 23.3 Å². The first-order valence-corrected chi connectivity index (χ1v) is 9.11. The van der Waals surface area contributed by atoms with E-state index in [0.717, 1.165) is 37.2 Å². The normalized spacial score (nSPS) is 15.6. The largest absolute Gasteiger partial charge is 0.507 e. The third-order valence-electron chi connectivity index (χ3n) is 4.72. The first kappa shape index (κ1) is 18.5. The van der Waals surface area contributed by atoms with E-state index in [1.165, 1.54) is 12.1 Å². The number of halogens is 1. The number of nitrogens with zero attached hydrogens (tertiary/aromatic N) is 1. The highest BCUT2D eigenvalue weighted by Crippen LogP contribution is 2.27. The lowest BCUT2D eigenvalue weighted by Gasteiger charge is -2.28. The van der Waals surface area contributed by atoms with Crippen molar-refractivity contribution in [1.29, 1.82) is 0 Å². The van der Waals surface area contributed by atoms with Crippen LogP contribution in [0.1, 0.15) is 34.8 Å². The molecular weight excluding hydrogens is 352 g/mol. The first-order valence-electron chi connectivity index (χ1n) is 8.73. The standard InChI is InChI=1S/C20H23ClN2O3/c1-26-16-6-4-5-14(11-16)18(23-9-2-3-10-23)13-22-20(25)17-12-15(21)7-8-19(17)24/h4-8,11-12,18,24H,2-3,9-10,13H2,1H3,(H,22,25). The highest BCUT2D eigenvalue weighted by molar-refractivity contribution is 6.31. The maximum atomic E-state index is 12.5. The van der Waals surface area contributed by atoms with E-state index in [1.54, 1.807) is 13.2 Å². The lowest BCUT2D eigenvalue weighted by molar-refractivity contribution is 0.0935. The molecule has 1 aliphatic heterocycles. The van der Waals surface area contributed by atoms with Crippen molar-refractivity contribution in [2.24, 2.45) is 0 Å². The van der Waals surface area contributed by atoms with Crippen LogP contribution >= 0.6 is 11.6 Å². The van der Waals surface area contributed by atoms with Gasteiger partial charge in [0.2, 0.25) is 0 Å². The third-order valence-corrected chi connectivity index (χ3v) is 4.95. The van der Waals surface area contributed by atoms with Crippen LogP contribution in [0.2, 0.25) is 5.02 Å². The number of aromatic hydroxyl groups is 1. The summed E-state index contributed by atoms with van der Waals surface area (Å²) in [6.07, 6.45) is 2.31. The predicted molar refractivity (Wildman–Crippen MR) is 102 cm³/mol. The van der Waals surface area contributed by atoms with Gasteiger partial charge in [-0.1, -0.05) is 23.7 Å². The Morgan fingerprint density at radius 3 is 2.77 bits per heavy atom. The number of methoxy groups -OCH3 is 1. The minimum atomic E-state index is -0.336. The summed E-state index contributed by atoms with van der Waals surface area (Å²) < 4.78 is 5.34. The van der Waals surface area contributed by atoms with Crippen LogP contribution in [-0.2, 0) is 0 Å². The van der Waals surface area contributed by atoms with Gasteiger partial charge in [0.1, 0.15) is 11.5 Å². The van der Waals surface area contributed by atoms with Gasteiger partial charge < -0.3 is 15.2 Å². The molecule has 0 aromatic heterocycles. The number of benzene rings is 2. The number of ether oxygens (including phenoxy) is 1. The molecule has 2 aromatic rings. The number of nitrogens with one attached hydrogen (secondary N) is 1. The fourth-order valence-corrected chi connectivity index (χ4v) is 3.51. The van der Waals surface area contributed by atoms with Crippen molar-refractivity contribution in [3.8, 4) is 11.5 Å². The number of likely N-dealkylation sites (tertiary alicyclic amines) is 1. The number of hydrogen-bond donors (Lipinski definition) is 2. The highest BCUT2D eigenvalue weighted by Gasteiger charge is 2.25. The Kier molecular flexibility index (Phi) is 6.01. The van der Waals surface area contributed by atoms with Gasteiger partial charge in [0.15, 0.2) is 0 Å². The summed E-state index contributed by atoms with van der Waals surface area (Å²) in [6, 6.07) is 12.4. The van der Waals surface area contributed by atoms with E-state index in [4.69, 9.17) is 16.3 Å². The van der Waals surface area contributed by atoms with E-state index in [1.807, 2.05) is 18.2 Å². The minimum Gasteiger partial charge on any atom is -0.507 e. The molecule has 1 atom stereocenters. The summed E-state index contributed by atoms with van der Waals surface area (Å²) in [5.74, 6) is 0.383. The van der Waals surface area contributed by atoms with Crippen molar-refractivity contribution in [3.63, 3.8) is 0 Å². The van der Waals surface area contributed by atoms with E-state index < -0.39 is 0 Å². The number of phenols is 1. The third kappa shape index (κ3) is 4.29. The van der Waals surface area contributed by atoms with Crippen molar-refractivity contribution in [2.75, 3.05) is 26.7 Å². The summed E-state index contributed by atoms with van der Waals surface area (Å²) >= 11 is 5.94.